The Hall–Kier alpha value is -2.48. The minimum Gasteiger partial charge on any atom is -0.386 e. The Labute approximate surface area is 138 Å². The van der Waals surface area contributed by atoms with Crippen LogP contribution < -0.4 is 10.6 Å². The van der Waals surface area contributed by atoms with E-state index in [-0.39, 0.29) is 5.56 Å². The number of nitrogens with zero attached hydrogens (tertiary/aromatic N) is 2. The first-order valence-electron chi connectivity index (χ1n) is 7.51. The van der Waals surface area contributed by atoms with E-state index in [1.807, 2.05) is 13.2 Å². The summed E-state index contributed by atoms with van der Waals surface area (Å²) in [6.07, 6.45) is 3.05. The van der Waals surface area contributed by atoms with E-state index in [0.29, 0.717) is 13.0 Å². The third-order valence-corrected chi connectivity index (χ3v) is 3.58. The van der Waals surface area contributed by atoms with Crippen LogP contribution in [0, 0.1) is 11.6 Å². The van der Waals surface area contributed by atoms with Crippen LogP contribution >= 0.6 is 0 Å². The number of aliphatic hydroxyl groups is 1. The van der Waals surface area contributed by atoms with Gasteiger partial charge in [0, 0.05) is 19.8 Å². The third kappa shape index (κ3) is 4.76. The third-order valence-electron chi connectivity index (χ3n) is 3.58. The molecule has 3 N–H and O–H groups in total. The van der Waals surface area contributed by atoms with Crippen molar-refractivity contribution in [2.45, 2.75) is 25.5 Å². The molecule has 1 heterocycles. The Morgan fingerprint density at radius 1 is 1.38 bits per heavy atom. The lowest BCUT2D eigenvalue weighted by atomic mass is 10.0. The highest BCUT2D eigenvalue weighted by atomic mass is 19.2. The standard InChI is InChI=1S/C16H20F2N4O2/c1-10(15(23)12-3-4-13(17)14(18)7-12)21-16(24)19-6-5-11-8-20-22(2)9-11/h3-4,7-10,15,23H,5-6H2,1-2H3,(H2,19,21,24). The normalized spacial score (nSPS) is 13.4. The van der Waals surface area contributed by atoms with Crippen LogP contribution in [0.1, 0.15) is 24.2 Å². The zero-order valence-corrected chi connectivity index (χ0v) is 13.5. The van der Waals surface area contributed by atoms with Gasteiger partial charge in [-0.05, 0) is 36.6 Å². The van der Waals surface area contributed by atoms with E-state index in [1.54, 1.807) is 17.8 Å². The monoisotopic (exact) mass is 338 g/mol. The van der Waals surface area contributed by atoms with Gasteiger partial charge in [-0.25, -0.2) is 13.6 Å². The van der Waals surface area contributed by atoms with Gasteiger partial charge in [-0.1, -0.05) is 6.07 Å². The second kappa shape index (κ2) is 7.87. The average Bonchev–Trinajstić information content (AvgIpc) is 2.94. The predicted octanol–water partition coefficient (Wildman–Crippen LogP) is 1.66. The molecular weight excluding hydrogens is 318 g/mol. The summed E-state index contributed by atoms with van der Waals surface area (Å²) in [4.78, 5) is 11.8. The van der Waals surface area contributed by atoms with E-state index in [1.165, 1.54) is 6.07 Å². The van der Waals surface area contributed by atoms with Crippen LogP contribution in [-0.4, -0.2) is 33.5 Å². The maximum atomic E-state index is 13.2. The van der Waals surface area contributed by atoms with Gasteiger partial charge in [0.2, 0.25) is 0 Å². The van der Waals surface area contributed by atoms with Crippen molar-refractivity contribution in [2.24, 2.45) is 7.05 Å². The van der Waals surface area contributed by atoms with Gasteiger partial charge in [-0.2, -0.15) is 5.10 Å². The fourth-order valence-corrected chi connectivity index (χ4v) is 2.24. The Bertz CT molecular complexity index is 705. The summed E-state index contributed by atoms with van der Waals surface area (Å²) in [6, 6.07) is 2.01. The number of hydrogen-bond donors (Lipinski definition) is 3. The van der Waals surface area contributed by atoms with E-state index >= 15 is 0 Å². The minimum absolute atomic E-state index is 0.192. The number of amides is 2. The SMILES string of the molecule is CC(NC(=O)NCCc1cnn(C)c1)C(O)c1ccc(F)c(F)c1. The Morgan fingerprint density at radius 3 is 2.75 bits per heavy atom. The molecule has 0 aliphatic carbocycles. The minimum atomic E-state index is -1.15. The summed E-state index contributed by atoms with van der Waals surface area (Å²) < 4.78 is 27.8. The van der Waals surface area contributed by atoms with Crippen molar-refractivity contribution >= 4 is 6.03 Å². The largest absolute Gasteiger partial charge is 0.386 e. The molecule has 24 heavy (non-hydrogen) atoms. The first-order chi connectivity index (χ1) is 11.4. The van der Waals surface area contributed by atoms with Crippen LogP contribution in [0.2, 0.25) is 0 Å². The second-order valence-electron chi connectivity index (χ2n) is 5.58. The maximum Gasteiger partial charge on any atom is 0.315 e. The zero-order valence-electron chi connectivity index (χ0n) is 13.5. The van der Waals surface area contributed by atoms with E-state index in [2.05, 4.69) is 15.7 Å². The summed E-state index contributed by atoms with van der Waals surface area (Å²) in [7, 11) is 1.81. The number of halogens is 2. The van der Waals surface area contributed by atoms with Gasteiger partial charge >= 0.3 is 6.03 Å². The Morgan fingerprint density at radius 2 is 2.12 bits per heavy atom. The molecule has 0 radical (unpaired) electrons. The topological polar surface area (TPSA) is 79.2 Å². The molecule has 130 valence electrons. The maximum absolute atomic E-state index is 13.2. The van der Waals surface area contributed by atoms with Crippen LogP contribution in [0.3, 0.4) is 0 Å². The van der Waals surface area contributed by atoms with Crippen LogP contribution in [0.15, 0.2) is 30.6 Å². The van der Waals surface area contributed by atoms with Gasteiger partial charge in [0.1, 0.15) is 0 Å². The summed E-state index contributed by atoms with van der Waals surface area (Å²) in [6.45, 7) is 1.98. The van der Waals surface area contributed by atoms with Gasteiger partial charge < -0.3 is 15.7 Å². The van der Waals surface area contributed by atoms with Crippen molar-refractivity contribution in [3.05, 3.63) is 53.4 Å². The lowest BCUT2D eigenvalue weighted by Crippen LogP contribution is -2.44. The number of benzene rings is 1. The number of rotatable bonds is 6. The van der Waals surface area contributed by atoms with Gasteiger partial charge in [0.05, 0.1) is 18.3 Å². The van der Waals surface area contributed by atoms with Crippen molar-refractivity contribution in [1.82, 2.24) is 20.4 Å². The molecule has 0 fully saturated rings. The predicted molar refractivity (Wildman–Crippen MR) is 84.2 cm³/mol. The first-order valence-corrected chi connectivity index (χ1v) is 7.51. The number of aryl methyl sites for hydroxylation is 1. The number of carbonyl (C=O) groups excluding carboxylic acids is 1. The van der Waals surface area contributed by atoms with Crippen LogP contribution in [0.5, 0.6) is 0 Å². The van der Waals surface area contributed by atoms with Crippen LogP contribution in [0.4, 0.5) is 13.6 Å². The zero-order chi connectivity index (χ0) is 17.7. The quantitative estimate of drug-likeness (QED) is 0.749. The van der Waals surface area contributed by atoms with Gasteiger partial charge in [-0.15, -0.1) is 0 Å². The van der Waals surface area contributed by atoms with Gasteiger partial charge in [0.15, 0.2) is 11.6 Å². The van der Waals surface area contributed by atoms with Crippen LogP contribution in [-0.2, 0) is 13.5 Å². The number of hydrogen-bond acceptors (Lipinski definition) is 3. The molecule has 2 unspecified atom stereocenters. The number of nitrogens with one attached hydrogen (secondary N) is 2. The van der Waals surface area contributed by atoms with Gasteiger partial charge in [-0.3, -0.25) is 4.68 Å². The molecule has 0 bridgehead atoms. The summed E-state index contributed by atoms with van der Waals surface area (Å²) in [5.74, 6) is -2.03. The summed E-state index contributed by atoms with van der Waals surface area (Å²) >= 11 is 0. The Balaban J connectivity index is 1.80. The first kappa shape index (κ1) is 17.9. The van der Waals surface area contributed by atoms with Crippen molar-refractivity contribution < 1.29 is 18.7 Å². The lowest BCUT2D eigenvalue weighted by molar-refractivity contribution is 0.137. The molecule has 2 aromatic rings. The number of urea groups is 1. The summed E-state index contributed by atoms with van der Waals surface area (Å²) in [5.41, 5.74) is 1.18. The molecule has 0 spiro atoms. The van der Waals surface area contributed by atoms with Crippen LogP contribution in [0.25, 0.3) is 0 Å². The second-order valence-corrected chi connectivity index (χ2v) is 5.58. The van der Waals surface area contributed by atoms with E-state index < -0.39 is 29.8 Å². The van der Waals surface area contributed by atoms with Crippen molar-refractivity contribution in [3.8, 4) is 0 Å². The molecule has 0 aliphatic heterocycles. The van der Waals surface area contributed by atoms with E-state index in [4.69, 9.17) is 0 Å². The molecule has 6 nitrogen and oxygen atoms in total. The fraction of sp³-hybridized carbons (Fsp3) is 0.375. The molecule has 0 saturated heterocycles. The molecule has 2 amide bonds. The molecule has 8 heteroatoms. The highest BCUT2D eigenvalue weighted by Crippen LogP contribution is 2.19. The molecule has 0 saturated carbocycles. The molecule has 2 atom stereocenters. The lowest BCUT2D eigenvalue weighted by Gasteiger charge is -2.21. The highest BCUT2D eigenvalue weighted by molar-refractivity contribution is 5.74. The number of carbonyl (C=O) groups is 1. The number of aliphatic hydroxyl groups excluding tert-OH is 1. The Kier molecular flexibility index (Phi) is 5.86. The van der Waals surface area contributed by atoms with E-state index in [0.717, 1.165) is 17.7 Å². The van der Waals surface area contributed by atoms with E-state index in [9.17, 15) is 18.7 Å². The van der Waals surface area contributed by atoms with Crippen molar-refractivity contribution in [1.29, 1.82) is 0 Å². The van der Waals surface area contributed by atoms with Crippen molar-refractivity contribution in [2.75, 3.05) is 6.54 Å². The molecule has 1 aromatic carbocycles. The molecule has 1 aromatic heterocycles. The summed E-state index contributed by atoms with van der Waals surface area (Å²) in [5, 5.41) is 19.4. The number of aromatic nitrogens is 2. The van der Waals surface area contributed by atoms with Gasteiger partial charge in [0.25, 0.3) is 0 Å². The molecule has 0 aliphatic rings. The molecular formula is C16H20F2N4O2. The average molecular weight is 338 g/mol. The van der Waals surface area contributed by atoms with Crippen molar-refractivity contribution in [3.63, 3.8) is 0 Å². The molecule has 2 rings (SSSR count). The smallest absolute Gasteiger partial charge is 0.315 e. The fourth-order valence-electron chi connectivity index (χ4n) is 2.24. The highest BCUT2D eigenvalue weighted by Gasteiger charge is 2.19.